The van der Waals surface area contributed by atoms with Gasteiger partial charge in [0.2, 0.25) is 0 Å². The molecule has 0 aliphatic heterocycles. The molecule has 0 bridgehead atoms. The van der Waals surface area contributed by atoms with Gasteiger partial charge in [-0.1, -0.05) is 17.7 Å². The molecule has 6 heteroatoms. The minimum absolute atomic E-state index is 0.0480. The van der Waals surface area contributed by atoms with Crippen molar-refractivity contribution in [3.8, 4) is 5.75 Å². The summed E-state index contributed by atoms with van der Waals surface area (Å²) in [5.74, 6) is -1.53. The van der Waals surface area contributed by atoms with Crippen molar-refractivity contribution >= 4 is 29.6 Å². The van der Waals surface area contributed by atoms with Gasteiger partial charge in [-0.25, -0.2) is 9.59 Å². The van der Waals surface area contributed by atoms with Gasteiger partial charge in [0.05, 0.1) is 24.8 Å². The van der Waals surface area contributed by atoms with Crippen LogP contribution in [-0.4, -0.2) is 31.3 Å². The summed E-state index contributed by atoms with van der Waals surface area (Å²) in [4.78, 5) is 22.2. The fraction of sp³-hybridized carbons (Fsp3) is 0.167. The van der Waals surface area contributed by atoms with E-state index >= 15 is 0 Å². The van der Waals surface area contributed by atoms with Gasteiger partial charge in [0.25, 0.3) is 0 Å². The second kappa shape index (κ2) is 6.07. The van der Waals surface area contributed by atoms with E-state index in [0.29, 0.717) is 0 Å². The van der Waals surface area contributed by atoms with Gasteiger partial charge in [0.1, 0.15) is 5.75 Å². The average Bonchev–Trinajstić information content (AvgIpc) is 2.39. The molecular formula is C12H11ClO5. The summed E-state index contributed by atoms with van der Waals surface area (Å²) in [6.07, 6.45) is 2.46. The fourth-order valence-corrected chi connectivity index (χ4v) is 1.46. The molecule has 0 heterocycles. The zero-order valence-electron chi connectivity index (χ0n) is 9.77. The monoisotopic (exact) mass is 270 g/mol. The summed E-state index contributed by atoms with van der Waals surface area (Å²) < 4.78 is 8.91. The van der Waals surface area contributed by atoms with Gasteiger partial charge in [-0.3, -0.25) is 0 Å². The Morgan fingerprint density at radius 3 is 2.50 bits per heavy atom. The number of rotatable bonds is 3. The molecule has 0 aliphatic carbocycles. The Hall–Kier alpha value is -2.01. The zero-order valence-corrected chi connectivity index (χ0v) is 10.5. The van der Waals surface area contributed by atoms with E-state index in [0.717, 1.165) is 6.08 Å². The Labute approximate surface area is 109 Å². The standard InChI is InChI=1S/C12H11ClO5/c1-17-9(14)6-4-7-3-5-8(12(16)18-2)10(13)11(7)15/h3-6,15H,1-2H3/b6-4+. The van der Waals surface area contributed by atoms with Gasteiger partial charge < -0.3 is 14.6 Å². The number of benzene rings is 1. The maximum atomic E-state index is 11.3. The largest absolute Gasteiger partial charge is 0.506 e. The van der Waals surface area contributed by atoms with Crippen molar-refractivity contribution in [1.82, 2.24) is 0 Å². The minimum Gasteiger partial charge on any atom is -0.506 e. The number of carbonyl (C=O) groups is 2. The second-order valence-corrected chi connectivity index (χ2v) is 3.59. The third-order valence-electron chi connectivity index (χ3n) is 2.15. The normalized spacial score (nSPS) is 10.4. The highest BCUT2D eigenvalue weighted by molar-refractivity contribution is 6.35. The van der Waals surface area contributed by atoms with Crippen molar-refractivity contribution in [2.24, 2.45) is 0 Å². The third-order valence-corrected chi connectivity index (χ3v) is 2.54. The van der Waals surface area contributed by atoms with Gasteiger partial charge >= 0.3 is 11.9 Å². The molecule has 0 saturated carbocycles. The molecule has 0 amide bonds. The van der Waals surface area contributed by atoms with E-state index in [1.165, 1.54) is 32.4 Å². The number of phenolic OH excluding ortho intramolecular Hbond substituents is 1. The molecule has 0 unspecified atom stereocenters. The van der Waals surface area contributed by atoms with Crippen LogP contribution in [0.2, 0.25) is 5.02 Å². The maximum absolute atomic E-state index is 11.3. The Morgan fingerprint density at radius 2 is 1.94 bits per heavy atom. The molecule has 96 valence electrons. The molecule has 1 aromatic rings. The van der Waals surface area contributed by atoms with Crippen molar-refractivity contribution in [1.29, 1.82) is 0 Å². The lowest BCUT2D eigenvalue weighted by molar-refractivity contribution is -0.134. The number of hydrogen-bond acceptors (Lipinski definition) is 5. The number of methoxy groups -OCH3 is 2. The number of phenols is 1. The van der Waals surface area contributed by atoms with Crippen LogP contribution in [0.4, 0.5) is 0 Å². The summed E-state index contributed by atoms with van der Waals surface area (Å²) in [5, 5.41) is 9.63. The average molecular weight is 271 g/mol. The van der Waals surface area contributed by atoms with Crippen LogP contribution in [0.5, 0.6) is 5.75 Å². The molecule has 0 saturated heterocycles. The lowest BCUT2D eigenvalue weighted by atomic mass is 10.1. The van der Waals surface area contributed by atoms with E-state index in [1.54, 1.807) is 0 Å². The zero-order chi connectivity index (χ0) is 13.7. The number of halogens is 1. The topological polar surface area (TPSA) is 72.8 Å². The van der Waals surface area contributed by atoms with Crippen LogP contribution >= 0.6 is 11.6 Å². The van der Waals surface area contributed by atoms with Crippen LogP contribution in [0.25, 0.3) is 6.08 Å². The van der Waals surface area contributed by atoms with Crippen molar-refractivity contribution in [3.63, 3.8) is 0 Å². The summed E-state index contributed by atoms with van der Waals surface area (Å²) >= 11 is 5.82. The first kappa shape index (κ1) is 14.1. The number of hydrogen-bond donors (Lipinski definition) is 1. The van der Waals surface area contributed by atoms with E-state index in [-0.39, 0.29) is 21.9 Å². The summed E-state index contributed by atoms with van der Waals surface area (Å²) in [7, 11) is 2.45. The predicted molar refractivity (Wildman–Crippen MR) is 65.5 cm³/mol. The van der Waals surface area contributed by atoms with E-state index in [4.69, 9.17) is 11.6 Å². The van der Waals surface area contributed by atoms with Crippen LogP contribution in [0.3, 0.4) is 0 Å². The van der Waals surface area contributed by atoms with Crippen molar-refractivity contribution in [2.45, 2.75) is 0 Å². The molecule has 5 nitrogen and oxygen atoms in total. The highest BCUT2D eigenvalue weighted by Crippen LogP contribution is 2.32. The van der Waals surface area contributed by atoms with Gasteiger partial charge in [0.15, 0.2) is 0 Å². The first-order chi connectivity index (χ1) is 8.51. The molecule has 0 spiro atoms. The lowest BCUT2D eigenvalue weighted by Crippen LogP contribution is -2.02. The smallest absolute Gasteiger partial charge is 0.339 e. The van der Waals surface area contributed by atoms with Crippen LogP contribution in [0.1, 0.15) is 15.9 Å². The molecule has 1 aromatic carbocycles. The van der Waals surface area contributed by atoms with Gasteiger partial charge in [0, 0.05) is 11.6 Å². The molecular weight excluding hydrogens is 260 g/mol. The minimum atomic E-state index is -0.654. The second-order valence-electron chi connectivity index (χ2n) is 3.21. The SMILES string of the molecule is COC(=O)/C=C/c1ccc(C(=O)OC)c(Cl)c1O. The van der Waals surface area contributed by atoms with E-state index in [1.807, 2.05) is 0 Å². The highest BCUT2D eigenvalue weighted by atomic mass is 35.5. The Kier molecular flexibility index (Phi) is 4.74. The van der Waals surface area contributed by atoms with E-state index in [2.05, 4.69) is 9.47 Å². The third kappa shape index (κ3) is 3.01. The van der Waals surface area contributed by atoms with E-state index < -0.39 is 11.9 Å². The highest BCUT2D eigenvalue weighted by Gasteiger charge is 2.15. The lowest BCUT2D eigenvalue weighted by Gasteiger charge is -2.06. The van der Waals surface area contributed by atoms with Gasteiger partial charge in [-0.15, -0.1) is 0 Å². The quantitative estimate of drug-likeness (QED) is 0.672. The maximum Gasteiger partial charge on any atom is 0.339 e. The Balaban J connectivity index is 3.12. The van der Waals surface area contributed by atoms with Crippen LogP contribution in [-0.2, 0) is 14.3 Å². The number of esters is 2. The van der Waals surface area contributed by atoms with Crippen LogP contribution in [0, 0.1) is 0 Å². The molecule has 1 N–H and O–H groups in total. The van der Waals surface area contributed by atoms with Crippen LogP contribution < -0.4 is 0 Å². The van der Waals surface area contributed by atoms with Crippen LogP contribution in [0.15, 0.2) is 18.2 Å². The molecule has 0 aromatic heterocycles. The number of ether oxygens (including phenoxy) is 2. The number of aromatic hydroxyl groups is 1. The summed E-state index contributed by atoms with van der Waals surface area (Å²) in [6.45, 7) is 0. The van der Waals surface area contributed by atoms with Crippen molar-refractivity contribution in [3.05, 3.63) is 34.4 Å². The van der Waals surface area contributed by atoms with Crippen molar-refractivity contribution < 1.29 is 24.2 Å². The summed E-state index contributed by atoms with van der Waals surface area (Å²) in [5.41, 5.74) is 0.338. The molecule has 1 rings (SSSR count). The Bertz CT molecular complexity index is 507. The first-order valence-corrected chi connectivity index (χ1v) is 5.24. The molecule has 18 heavy (non-hydrogen) atoms. The molecule has 0 aliphatic rings. The summed E-state index contributed by atoms with van der Waals surface area (Å²) in [6, 6.07) is 2.83. The molecule has 0 fully saturated rings. The van der Waals surface area contributed by atoms with E-state index in [9.17, 15) is 14.7 Å². The molecule has 0 atom stereocenters. The molecule has 0 radical (unpaired) electrons. The Morgan fingerprint density at radius 1 is 1.28 bits per heavy atom. The number of carbonyl (C=O) groups excluding carboxylic acids is 2. The fourth-order valence-electron chi connectivity index (χ4n) is 1.21. The van der Waals surface area contributed by atoms with Crippen molar-refractivity contribution in [2.75, 3.05) is 14.2 Å². The van der Waals surface area contributed by atoms with Gasteiger partial charge in [-0.05, 0) is 12.1 Å². The van der Waals surface area contributed by atoms with Gasteiger partial charge in [-0.2, -0.15) is 0 Å². The predicted octanol–water partition coefficient (Wildman–Crippen LogP) is 2.02. The first-order valence-electron chi connectivity index (χ1n) is 4.87.